The minimum Gasteiger partial charge on any atom is -0.322 e. The molecular formula is C27H18F4N4O. The lowest BCUT2D eigenvalue weighted by molar-refractivity contribution is -0.137. The summed E-state index contributed by atoms with van der Waals surface area (Å²) in [6.07, 6.45) is 1.09. The fraction of sp³-hybridized carbons (Fsp3) is 0.0741. The third kappa shape index (κ3) is 4.43. The number of hydrogen-bond acceptors (Lipinski definition) is 3. The van der Waals surface area contributed by atoms with Crippen molar-refractivity contribution >= 4 is 17.2 Å². The van der Waals surface area contributed by atoms with E-state index in [1.807, 2.05) is 6.92 Å². The van der Waals surface area contributed by atoms with Gasteiger partial charge in [0.2, 0.25) is 0 Å². The van der Waals surface area contributed by atoms with Gasteiger partial charge in [-0.3, -0.25) is 14.2 Å². The van der Waals surface area contributed by atoms with Crippen molar-refractivity contribution in [2.75, 3.05) is 5.32 Å². The Morgan fingerprint density at radius 1 is 0.944 bits per heavy atom. The van der Waals surface area contributed by atoms with E-state index in [9.17, 15) is 22.4 Å². The molecule has 0 radical (unpaired) electrons. The van der Waals surface area contributed by atoms with Crippen LogP contribution in [-0.2, 0) is 6.18 Å². The fourth-order valence-electron chi connectivity index (χ4n) is 3.98. The van der Waals surface area contributed by atoms with E-state index in [4.69, 9.17) is 0 Å². The Hall–Kier alpha value is -4.53. The predicted octanol–water partition coefficient (Wildman–Crippen LogP) is 6.78. The number of nitrogens with one attached hydrogen (secondary N) is 1. The molecule has 0 saturated carbocycles. The van der Waals surface area contributed by atoms with Crippen molar-refractivity contribution < 1.29 is 22.4 Å². The molecule has 1 N–H and O–H groups in total. The molecule has 0 bridgehead atoms. The number of aromatic nitrogens is 3. The zero-order chi connectivity index (χ0) is 25.4. The Balaban J connectivity index is 1.60. The SMILES string of the molecule is Cc1ccc(NC(=O)c2cc(-c3cccn4c(-c5cncc(F)c5)cnc34)ccc2C(F)(F)F)cc1. The Morgan fingerprint density at radius 2 is 1.72 bits per heavy atom. The summed E-state index contributed by atoms with van der Waals surface area (Å²) in [7, 11) is 0. The molecule has 0 aliphatic rings. The number of hydrogen-bond donors (Lipinski definition) is 1. The quantitative estimate of drug-likeness (QED) is 0.283. The van der Waals surface area contributed by atoms with Crippen molar-refractivity contribution in [1.82, 2.24) is 14.4 Å². The van der Waals surface area contributed by atoms with Crippen LogP contribution in [0.4, 0.5) is 23.2 Å². The maximum Gasteiger partial charge on any atom is 0.417 e. The van der Waals surface area contributed by atoms with Crippen LogP contribution in [0.25, 0.3) is 28.0 Å². The molecule has 0 aliphatic carbocycles. The van der Waals surface area contributed by atoms with E-state index >= 15 is 0 Å². The van der Waals surface area contributed by atoms with E-state index in [0.29, 0.717) is 33.7 Å². The molecule has 3 heterocycles. The van der Waals surface area contributed by atoms with Gasteiger partial charge in [-0.25, -0.2) is 9.37 Å². The highest BCUT2D eigenvalue weighted by molar-refractivity contribution is 6.06. The summed E-state index contributed by atoms with van der Waals surface area (Å²) in [6, 6.07) is 14.9. The van der Waals surface area contributed by atoms with Crippen LogP contribution < -0.4 is 5.32 Å². The van der Waals surface area contributed by atoms with Crippen molar-refractivity contribution in [3.63, 3.8) is 0 Å². The Kier molecular flexibility index (Phi) is 5.75. The molecule has 0 saturated heterocycles. The van der Waals surface area contributed by atoms with E-state index < -0.39 is 29.0 Å². The van der Waals surface area contributed by atoms with Crippen molar-refractivity contribution in [3.05, 3.63) is 108 Å². The lowest BCUT2D eigenvalue weighted by Crippen LogP contribution is -2.19. The number of pyridine rings is 2. The number of nitrogens with zero attached hydrogens (tertiary/aromatic N) is 3. The second kappa shape index (κ2) is 8.92. The zero-order valence-electron chi connectivity index (χ0n) is 18.8. The van der Waals surface area contributed by atoms with Crippen LogP contribution in [0, 0.1) is 12.7 Å². The van der Waals surface area contributed by atoms with Crippen molar-refractivity contribution in [2.45, 2.75) is 13.1 Å². The zero-order valence-corrected chi connectivity index (χ0v) is 18.8. The number of fused-ring (bicyclic) bond motifs is 1. The summed E-state index contributed by atoms with van der Waals surface area (Å²) in [5.74, 6) is -1.39. The minimum atomic E-state index is -4.73. The van der Waals surface area contributed by atoms with Crippen molar-refractivity contribution in [3.8, 4) is 22.4 Å². The summed E-state index contributed by atoms with van der Waals surface area (Å²) in [6.45, 7) is 1.86. The number of benzene rings is 2. The average molecular weight is 490 g/mol. The third-order valence-electron chi connectivity index (χ3n) is 5.73. The molecule has 0 spiro atoms. The van der Waals surface area contributed by atoms with Gasteiger partial charge < -0.3 is 5.32 Å². The molecule has 0 unspecified atom stereocenters. The molecule has 0 aliphatic heterocycles. The number of alkyl halides is 3. The molecule has 5 rings (SSSR count). The number of amides is 1. The van der Waals surface area contributed by atoms with Gasteiger partial charge >= 0.3 is 6.18 Å². The number of aryl methyl sites for hydroxylation is 1. The second-order valence-electron chi connectivity index (χ2n) is 8.23. The average Bonchev–Trinajstić information content (AvgIpc) is 3.29. The molecule has 3 aromatic heterocycles. The number of anilines is 1. The van der Waals surface area contributed by atoms with Crippen molar-refractivity contribution in [1.29, 1.82) is 0 Å². The number of halogens is 4. The summed E-state index contributed by atoms with van der Waals surface area (Å²) in [5.41, 5.74) is 2.14. The topological polar surface area (TPSA) is 59.3 Å². The van der Waals surface area contributed by atoms with Crippen LogP contribution in [0.15, 0.2) is 85.5 Å². The van der Waals surface area contributed by atoms with Gasteiger partial charge in [-0.15, -0.1) is 0 Å². The molecule has 180 valence electrons. The number of carbonyl (C=O) groups is 1. The third-order valence-corrected chi connectivity index (χ3v) is 5.73. The summed E-state index contributed by atoms with van der Waals surface area (Å²) in [5, 5.41) is 2.54. The van der Waals surface area contributed by atoms with Gasteiger partial charge in [-0.2, -0.15) is 13.2 Å². The van der Waals surface area contributed by atoms with E-state index in [0.717, 1.165) is 17.8 Å². The molecule has 2 aromatic carbocycles. The van der Waals surface area contributed by atoms with Gasteiger partial charge in [0.1, 0.15) is 11.5 Å². The van der Waals surface area contributed by atoms with Gasteiger partial charge in [0, 0.05) is 29.2 Å². The maximum absolute atomic E-state index is 13.8. The Bertz CT molecular complexity index is 1590. The Morgan fingerprint density at radius 3 is 2.44 bits per heavy atom. The highest BCUT2D eigenvalue weighted by Crippen LogP contribution is 2.36. The molecule has 9 heteroatoms. The first kappa shape index (κ1) is 23.2. The van der Waals surface area contributed by atoms with Gasteiger partial charge in [0.05, 0.1) is 29.2 Å². The monoisotopic (exact) mass is 490 g/mol. The van der Waals surface area contributed by atoms with Gasteiger partial charge in [0.25, 0.3) is 5.91 Å². The summed E-state index contributed by atoms with van der Waals surface area (Å²) < 4.78 is 56.7. The van der Waals surface area contributed by atoms with Crippen LogP contribution >= 0.6 is 0 Å². The van der Waals surface area contributed by atoms with Crippen LogP contribution in [0.2, 0.25) is 0 Å². The molecule has 1 amide bonds. The van der Waals surface area contributed by atoms with Gasteiger partial charge in [-0.05, 0) is 55.0 Å². The number of imidazole rings is 1. The number of rotatable bonds is 4. The number of carbonyl (C=O) groups excluding carboxylic acids is 1. The first-order valence-corrected chi connectivity index (χ1v) is 10.9. The van der Waals surface area contributed by atoms with Crippen LogP contribution in [0.5, 0.6) is 0 Å². The lowest BCUT2D eigenvalue weighted by atomic mass is 9.98. The molecule has 0 fully saturated rings. The summed E-state index contributed by atoms with van der Waals surface area (Å²) >= 11 is 0. The first-order chi connectivity index (χ1) is 17.2. The van der Waals surface area contributed by atoms with E-state index in [2.05, 4.69) is 15.3 Å². The predicted molar refractivity (Wildman–Crippen MR) is 128 cm³/mol. The molecule has 5 nitrogen and oxygen atoms in total. The normalized spacial score (nSPS) is 11.6. The minimum absolute atomic E-state index is 0.372. The standard InChI is InChI=1S/C27H18F4N4O/c1-16-4-7-20(8-5-16)34-26(36)22-12-17(6-9-23(22)27(29,30)31)21-3-2-10-35-24(15-33-25(21)35)18-11-19(28)14-32-13-18/h2-15H,1H3,(H,34,36). The molecule has 5 aromatic rings. The molecule has 0 atom stereocenters. The van der Waals surface area contributed by atoms with Crippen molar-refractivity contribution in [2.24, 2.45) is 0 Å². The van der Waals surface area contributed by atoms with E-state index in [-0.39, 0.29) is 0 Å². The fourth-order valence-corrected chi connectivity index (χ4v) is 3.98. The lowest BCUT2D eigenvalue weighted by Gasteiger charge is -2.15. The highest BCUT2D eigenvalue weighted by atomic mass is 19.4. The van der Waals surface area contributed by atoms with Crippen LogP contribution in [0.1, 0.15) is 21.5 Å². The first-order valence-electron chi connectivity index (χ1n) is 10.9. The van der Waals surface area contributed by atoms with E-state index in [1.165, 1.54) is 30.6 Å². The van der Waals surface area contributed by atoms with Crippen LogP contribution in [-0.4, -0.2) is 20.3 Å². The molecule has 36 heavy (non-hydrogen) atoms. The largest absolute Gasteiger partial charge is 0.417 e. The smallest absolute Gasteiger partial charge is 0.322 e. The van der Waals surface area contributed by atoms with Gasteiger partial charge in [-0.1, -0.05) is 23.8 Å². The Labute approximate surface area is 203 Å². The van der Waals surface area contributed by atoms with Gasteiger partial charge in [0.15, 0.2) is 0 Å². The van der Waals surface area contributed by atoms with Crippen LogP contribution in [0.3, 0.4) is 0 Å². The summed E-state index contributed by atoms with van der Waals surface area (Å²) in [4.78, 5) is 21.2. The molecular weight excluding hydrogens is 472 g/mol. The highest BCUT2D eigenvalue weighted by Gasteiger charge is 2.35. The van der Waals surface area contributed by atoms with E-state index in [1.54, 1.807) is 47.0 Å². The second-order valence-corrected chi connectivity index (χ2v) is 8.23. The maximum atomic E-state index is 13.8.